The van der Waals surface area contributed by atoms with Crippen molar-refractivity contribution >= 4 is 0 Å². The molecule has 0 radical (unpaired) electrons. The van der Waals surface area contributed by atoms with Crippen LogP contribution in [0.3, 0.4) is 0 Å². The SMILES string of the molecule is COc1ccc(CN2CCCCC2c2[nH]ncc2-c2onc(C)c2C)cc1OC. The van der Waals surface area contributed by atoms with Gasteiger partial charge in [-0.05, 0) is 50.9 Å². The zero-order valence-corrected chi connectivity index (χ0v) is 17.5. The monoisotopic (exact) mass is 396 g/mol. The normalized spacial score (nSPS) is 17.4. The summed E-state index contributed by atoms with van der Waals surface area (Å²) in [5.74, 6) is 2.31. The second-order valence-electron chi connectivity index (χ2n) is 7.59. The third-order valence-corrected chi connectivity index (χ3v) is 5.85. The maximum Gasteiger partial charge on any atom is 0.173 e. The van der Waals surface area contributed by atoms with Crippen LogP contribution in [-0.4, -0.2) is 41.0 Å². The first-order chi connectivity index (χ1) is 14.1. The quantitative estimate of drug-likeness (QED) is 0.664. The number of piperidine rings is 1. The maximum atomic E-state index is 5.62. The highest BCUT2D eigenvalue weighted by molar-refractivity contribution is 5.64. The molecule has 3 aromatic rings. The van der Waals surface area contributed by atoms with Gasteiger partial charge in [0, 0.05) is 12.1 Å². The number of H-pyrrole nitrogens is 1. The molecule has 2 aromatic heterocycles. The van der Waals surface area contributed by atoms with Crippen molar-refractivity contribution < 1.29 is 14.0 Å². The number of methoxy groups -OCH3 is 2. The van der Waals surface area contributed by atoms with Crippen LogP contribution in [0.2, 0.25) is 0 Å². The zero-order valence-electron chi connectivity index (χ0n) is 17.5. The van der Waals surface area contributed by atoms with Gasteiger partial charge in [0.05, 0.1) is 43.4 Å². The molecule has 3 heterocycles. The Bertz CT molecular complexity index is 978. The Morgan fingerprint density at radius 1 is 1.17 bits per heavy atom. The molecule has 1 unspecified atom stereocenters. The lowest BCUT2D eigenvalue weighted by atomic mass is 9.95. The van der Waals surface area contributed by atoms with E-state index < -0.39 is 0 Å². The number of ether oxygens (including phenoxy) is 2. The molecule has 4 rings (SSSR count). The van der Waals surface area contributed by atoms with Crippen LogP contribution >= 0.6 is 0 Å². The second-order valence-corrected chi connectivity index (χ2v) is 7.59. The second kappa shape index (κ2) is 8.29. The predicted molar refractivity (Wildman–Crippen MR) is 110 cm³/mol. The number of likely N-dealkylation sites (tertiary alicyclic amines) is 1. The van der Waals surface area contributed by atoms with Crippen LogP contribution in [0.25, 0.3) is 11.3 Å². The Balaban J connectivity index is 1.63. The van der Waals surface area contributed by atoms with Crippen LogP contribution in [0.15, 0.2) is 28.9 Å². The van der Waals surface area contributed by atoms with Gasteiger partial charge in [0.15, 0.2) is 17.3 Å². The molecule has 154 valence electrons. The van der Waals surface area contributed by atoms with Crippen LogP contribution in [0.5, 0.6) is 11.5 Å². The van der Waals surface area contributed by atoms with E-state index in [1.807, 2.05) is 26.1 Å². The van der Waals surface area contributed by atoms with Gasteiger partial charge in [-0.15, -0.1) is 0 Å². The zero-order chi connectivity index (χ0) is 20.4. The molecule has 1 saturated heterocycles. The van der Waals surface area contributed by atoms with Crippen molar-refractivity contribution in [1.82, 2.24) is 20.3 Å². The van der Waals surface area contributed by atoms with Gasteiger partial charge in [0.1, 0.15) is 0 Å². The Morgan fingerprint density at radius 3 is 2.72 bits per heavy atom. The molecule has 1 N–H and O–H groups in total. The van der Waals surface area contributed by atoms with E-state index >= 15 is 0 Å². The summed E-state index contributed by atoms with van der Waals surface area (Å²) in [6, 6.07) is 6.38. The van der Waals surface area contributed by atoms with E-state index in [2.05, 4.69) is 32.4 Å². The van der Waals surface area contributed by atoms with E-state index in [-0.39, 0.29) is 6.04 Å². The molecule has 1 aliphatic rings. The summed E-state index contributed by atoms with van der Waals surface area (Å²) < 4.78 is 16.5. The minimum absolute atomic E-state index is 0.249. The van der Waals surface area contributed by atoms with Gasteiger partial charge >= 0.3 is 0 Å². The van der Waals surface area contributed by atoms with E-state index in [1.54, 1.807) is 14.2 Å². The summed E-state index contributed by atoms with van der Waals surface area (Å²) in [6.07, 6.45) is 5.31. The summed E-state index contributed by atoms with van der Waals surface area (Å²) in [7, 11) is 3.33. The van der Waals surface area contributed by atoms with E-state index in [1.165, 1.54) is 18.4 Å². The average molecular weight is 396 g/mol. The lowest BCUT2D eigenvalue weighted by Gasteiger charge is -2.35. The molecule has 0 amide bonds. The number of aromatic nitrogens is 3. The number of aryl methyl sites for hydroxylation is 1. The molecular formula is C22H28N4O3. The maximum absolute atomic E-state index is 5.62. The van der Waals surface area contributed by atoms with E-state index in [9.17, 15) is 0 Å². The van der Waals surface area contributed by atoms with Crippen LogP contribution in [0.4, 0.5) is 0 Å². The molecule has 1 fully saturated rings. The van der Waals surface area contributed by atoms with Crippen LogP contribution in [-0.2, 0) is 6.54 Å². The third kappa shape index (κ3) is 3.74. The van der Waals surface area contributed by atoms with Crippen molar-refractivity contribution in [2.75, 3.05) is 20.8 Å². The summed E-state index contributed by atoms with van der Waals surface area (Å²) in [4.78, 5) is 2.50. The smallest absolute Gasteiger partial charge is 0.173 e. The topological polar surface area (TPSA) is 76.4 Å². The van der Waals surface area contributed by atoms with Gasteiger partial charge in [0.25, 0.3) is 0 Å². The standard InChI is InChI=1S/C22H28N4O3/c1-14-15(2)25-29-22(14)17-12-23-24-21(17)18-7-5-6-10-26(18)13-16-8-9-19(27-3)20(11-16)28-4/h8-9,11-12,18H,5-7,10,13H2,1-4H3,(H,23,24). The van der Waals surface area contributed by atoms with Crippen molar-refractivity contribution in [3.8, 4) is 22.8 Å². The third-order valence-electron chi connectivity index (χ3n) is 5.85. The van der Waals surface area contributed by atoms with Crippen molar-refractivity contribution in [2.45, 2.75) is 45.7 Å². The summed E-state index contributed by atoms with van der Waals surface area (Å²) in [5, 5.41) is 11.7. The molecule has 29 heavy (non-hydrogen) atoms. The van der Waals surface area contributed by atoms with Gasteiger partial charge in [-0.1, -0.05) is 17.6 Å². The molecule has 1 aromatic carbocycles. The van der Waals surface area contributed by atoms with Crippen LogP contribution < -0.4 is 9.47 Å². The number of nitrogens with zero attached hydrogens (tertiary/aromatic N) is 3. The molecule has 7 heteroatoms. The molecule has 0 spiro atoms. The van der Waals surface area contributed by atoms with Crippen LogP contribution in [0, 0.1) is 13.8 Å². The minimum Gasteiger partial charge on any atom is -0.493 e. The summed E-state index contributed by atoms with van der Waals surface area (Å²) in [5.41, 5.74) is 5.28. The molecular weight excluding hydrogens is 368 g/mol. The van der Waals surface area contributed by atoms with Crippen molar-refractivity contribution in [3.63, 3.8) is 0 Å². The first kappa shape index (κ1) is 19.5. The summed E-state index contributed by atoms with van der Waals surface area (Å²) >= 11 is 0. The van der Waals surface area contributed by atoms with Gasteiger partial charge in [-0.3, -0.25) is 10.00 Å². The molecule has 7 nitrogen and oxygen atoms in total. The van der Waals surface area contributed by atoms with Gasteiger partial charge < -0.3 is 14.0 Å². The molecule has 0 saturated carbocycles. The minimum atomic E-state index is 0.249. The molecule has 1 aliphatic heterocycles. The van der Waals surface area contributed by atoms with E-state index in [4.69, 9.17) is 14.0 Å². The highest BCUT2D eigenvalue weighted by Crippen LogP contribution is 2.38. The highest BCUT2D eigenvalue weighted by atomic mass is 16.5. The van der Waals surface area contributed by atoms with Gasteiger partial charge in [-0.2, -0.15) is 5.10 Å². The molecule has 0 bridgehead atoms. The van der Waals surface area contributed by atoms with Crippen LogP contribution in [0.1, 0.15) is 47.8 Å². The van der Waals surface area contributed by atoms with E-state index in [0.717, 1.165) is 59.3 Å². The fourth-order valence-electron chi connectivity index (χ4n) is 4.12. The van der Waals surface area contributed by atoms with Crippen molar-refractivity contribution in [2.24, 2.45) is 0 Å². The van der Waals surface area contributed by atoms with Gasteiger partial charge in [-0.25, -0.2) is 0 Å². The fraction of sp³-hybridized carbons (Fsp3) is 0.455. The largest absolute Gasteiger partial charge is 0.493 e. The lowest BCUT2D eigenvalue weighted by molar-refractivity contribution is 0.137. The molecule has 0 aliphatic carbocycles. The average Bonchev–Trinajstić information content (AvgIpc) is 3.35. The first-order valence-electron chi connectivity index (χ1n) is 10.0. The van der Waals surface area contributed by atoms with Crippen molar-refractivity contribution in [3.05, 3.63) is 46.9 Å². The lowest BCUT2D eigenvalue weighted by Crippen LogP contribution is -2.33. The number of nitrogens with one attached hydrogen (secondary N) is 1. The number of hydrogen-bond acceptors (Lipinski definition) is 6. The highest BCUT2D eigenvalue weighted by Gasteiger charge is 2.29. The Hall–Kier alpha value is -2.80. The Kier molecular flexibility index (Phi) is 5.58. The van der Waals surface area contributed by atoms with Crippen molar-refractivity contribution in [1.29, 1.82) is 0 Å². The number of rotatable bonds is 6. The number of hydrogen-bond donors (Lipinski definition) is 1. The number of aromatic amines is 1. The summed E-state index contributed by atoms with van der Waals surface area (Å²) in [6.45, 7) is 5.87. The fourth-order valence-corrected chi connectivity index (χ4v) is 4.12. The first-order valence-corrected chi connectivity index (χ1v) is 10.0. The Morgan fingerprint density at radius 2 is 2.00 bits per heavy atom. The van der Waals surface area contributed by atoms with Gasteiger partial charge in [0.2, 0.25) is 0 Å². The molecule has 1 atom stereocenters. The predicted octanol–water partition coefficient (Wildman–Crippen LogP) is 4.43. The number of benzene rings is 1. The van der Waals surface area contributed by atoms with E-state index in [0.29, 0.717) is 0 Å². The Labute approximate surface area is 171 Å².